The van der Waals surface area contributed by atoms with Crippen LogP contribution < -0.4 is 10.6 Å². The molecule has 10 nitrogen and oxygen atoms in total. The number of carbonyl (C=O) groups is 4. The fourth-order valence-corrected chi connectivity index (χ4v) is 4.94. The number of fused-ring (bicyclic) bond motifs is 1. The Balaban J connectivity index is 1.68. The summed E-state index contributed by atoms with van der Waals surface area (Å²) in [5.41, 5.74) is 1.12. The van der Waals surface area contributed by atoms with Crippen molar-refractivity contribution in [1.82, 2.24) is 20.5 Å². The molecule has 0 unspecified atom stereocenters. The largest absolute Gasteiger partial charge is 0.480 e. The summed E-state index contributed by atoms with van der Waals surface area (Å²) >= 11 is 1.35. The SMILES string of the molecule is CSC[C@H](NC(=O)C1CCN(C(=O)[C@H](Cc2c[nH]c3ccccc23)NC(=O)OC(C)(C)C)CC1)C(=O)O. The average molecular weight is 533 g/mol. The molecule has 1 aromatic heterocycles. The summed E-state index contributed by atoms with van der Waals surface area (Å²) in [5, 5.41) is 15.6. The van der Waals surface area contributed by atoms with Crippen LogP contribution in [0.3, 0.4) is 0 Å². The fraction of sp³-hybridized carbons (Fsp3) is 0.538. The Hall–Kier alpha value is -3.21. The van der Waals surface area contributed by atoms with Gasteiger partial charge in [-0.2, -0.15) is 11.8 Å². The molecule has 1 aliphatic rings. The van der Waals surface area contributed by atoms with Crippen LogP contribution in [0, 0.1) is 5.92 Å². The van der Waals surface area contributed by atoms with Gasteiger partial charge in [0.1, 0.15) is 17.7 Å². The van der Waals surface area contributed by atoms with E-state index in [9.17, 15) is 24.3 Å². The number of amides is 3. The zero-order valence-electron chi connectivity index (χ0n) is 21.7. The first kappa shape index (κ1) is 28.4. The van der Waals surface area contributed by atoms with Gasteiger partial charge in [-0.3, -0.25) is 9.59 Å². The number of aliphatic carboxylic acids is 1. The lowest BCUT2D eigenvalue weighted by atomic mass is 9.94. The molecular formula is C26H36N4O6S. The number of ether oxygens (including phenoxy) is 1. The minimum Gasteiger partial charge on any atom is -0.480 e. The number of benzene rings is 1. The summed E-state index contributed by atoms with van der Waals surface area (Å²) in [4.78, 5) is 55.0. The summed E-state index contributed by atoms with van der Waals surface area (Å²) < 4.78 is 5.41. The Kier molecular flexibility index (Phi) is 9.47. The second kappa shape index (κ2) is 12.4. The maximum Gasteiger partial charge on any atom is 0.408 e. The van der Waals surface area contributed by atoms with Crippen LogP contribution in [0.4, 0.5) is 4.79 Å². The molecule has 202 valence electrons. The number of alkyl carbamates (subject to hydrolysis) is 1. The number of hydrogen-bond acceptors (Lipinski definition) is 6. The Morgan fingerprint density at radius 2 is 1.81 bits per heavy atom. The van der Waals surface area contributed by atoms with Crippen molar-refractivity contribution in [2.24, 2.45) is 5.92 Å². The van der Waals surface area contributed by atoms with E-state index in [-0.39, 0.29) is 29.9 Å². The molecule has 1 aromatic carbocycles. The van der Waals surface area contributed by atoms with E-state index >= 15 is 0 Å². The molecule has 2 atom stereocenters. The second-order valence-corrected chi connectivity index (χ2v) is 11.1. The van der Waals surface area contributed by atoms with E-state index in [1.165, 1.54) is 11.8 Å². The number of likely N-dealkylation sites (tertiary alicyclic amines) is 1. The van der Waals surface area contributed by atoms with Gasteiger partial charge < -0.3 is 30.4 Å². The topological polar surface area (TPSA) is 141 Å². The minimum absolute atomic E-state index is 0.249. The number of rotatable bonds is 9. The number of piperidine rings is 1. The van der Waals surface area contributed by atoms with Gasteiger partial charge in [0.2, 0.25) is 11.8 Å². The van der Waals surface area contributed by atoms with Gasteiger partial charge in [0, 0.05) is 48.3 Å². The average Bonchev–Trinajstić information content (AvgIpc) is 3.24. The van der Waals surface area contributed by atoms with Crippen molar-refractivity contribution in [3.05, 3.63) is 36.0 Å². The molecular weight excluding hydrogens is 496 g/mol. The number of H-pyrrole nitrogens is 1. The molecule has 3 amide bonds. The molecule has 0 radical (unpaired) electrons. The number of aromatic amines is 1. The number of aromatic nitrogens is 1. The van der Waals surface area contributed by atoms with E-state index in [0.717, 1.165) is 16.5 Å². The van der Waals surface area contributed by atoms with E-state index in [0.29, 0.717) is 25.9 Å². The summed E-state index contributed by atoms with van der Waals surface area (Å²) in [7, 11) is 0. The lowest BCUT2D eigenvalue weighted by Gasteiger charge is -2.34. The van der Waals surface area contributed by atoms with Crippen LogP contribution in [0.1, 0.15) is 39.2 Å². The minimum atomic E-state index is -1.07. The van der Waals surface area contributed by atoms with Gasteiger partial charge in [0.15, 0.2) is 0 Å². The van der Waals surface area contributed by atoms with E-state index in [1.54, 1.807) is 31.9 Å². The van der Waals surface area contributed by atoms with E-state index < -0.39 is 29.7 Å². The highest BCUT2D eigenvalue weighted by Gasteiger charge is 2.34. The molecule has 3 rings (SSSR count). The normalized spacial score (nSPS) is 16.2. The second-order valence-electron chi connectivity index (χ2n) is 10.2. The number of nitrogens with zero attached hydrogens (tertiary/aromatic N) is 1. The van der Waals surface area contributed by atoms with Crippen molar-refractivity contribution in [2.45, 2.75) is 57.7 Å². The van der Waals surface area contributed by atoms with Gasteiger partial charge in [-0.05, 0) is 51.5 Å². The van der Waals surface area contributed by atoms with Crippen LogP contribution in [0.15, 0.2) is 30.5 Å². The lowest BCUT2D eigenvalue weighted by Crippen LogP contribution is -2.53. The highest BCUT2D eigenvalue weighted by Crippen LogP contribution is 2.22. The van der Waals surface area contributed by atoms with Crippen molar-refractivity contribution in [2.75, 3.05) is 25.1 Å². The van der Waals surface area contributed by atoms with Crippen molar-refractivity contribution in [3.63, 3.8) is 0 Å². The molecule has 11 heteroatoms. The number of carbonyl (C=O) groups excluding carboxylic acids is 3. The van der Waals surface area contributed by atoms with Gasteiger partial charge in [-0.1, -0.05) is 18.2 Å². The van der Waals surface area contributed by atoms with Gasteiger partial charge in [-0.25, -0.2) is 9.59 Å². The Labute approximate surface area is 220 Å². The monoisotopic (exact) mass is 532 g/mol. The highest BCUT2D eigenvalue weighted by atomic mass is 32.2. The maximum atomic E-state index is 13.6. The first-order valence-electron chi connectivity index (χ1n) is 12.3. The van der Waals surface area contributed by atoms with Gasteiger partial charge in [0.25, 0.3) is 0 Å². The third kappa shape index (κ3) is 7.88. The summed E-state index contributed by atoms with van der Waals surface area (Å²) in [6.45, 7) is 5.93. The number of carboxylic acid groups (broad SMARTS) is 1. The fourth-order valence-electron chi connectivity index (χ4n) is 4.38. The molecule has 37 heavy (non-hydrogen) atoms. The van der Waals surface area contributed by atoms with Gasteiger partial charge >= 0.3 is 12.1 Å². The van der Waals surface area contributed by atoms with E-state index in [2.05, 4.69) is 15.6 Å². The molecule has 0 spiro atoms. The van der Waals surface area contributed by atoms with Crippen molar-refractivity contribution < 1.29 is 29.0 Å². The molecule has 2 aromatic rings. The van der Waals surface area contributed by atoms with Crippen molar-refractivity contribution >= 4 is 46.5 Å². The maximum absolute atomic E-state index is 13.6. The number of carboxylic acids is 1. The molecule has 4 N–H and O–H groups in total. The molecule has 1 fully saturated rings. The van der Waals surface area contributed by atoms with Crippen LogP contribution >= 0.6 is 11.8 Å². The smallest absolute Gasteiger partial charge is 0.408 e. The number of thioether (sulfide) groups is 1. The predicted molar refractivity (Wildman–Crippen MR) is 142 cm³/mol. The molecule has 1 aliphatic heterocycles. The molecule has 0 bridgehead atoms. The number of nitrogens with one attached hydrogen (secondary N) is 3. The zero-order chi connectivity index (χ0) is 27.2. The van der Waals surface area contributed by atoms with Gasteiger partial charge in [-0.15, -0.1) is 0 Å². The Morgan fingerprint density at radius 3 is 2.43 bits per heavy atom. The van der Waals surface area contributed by atoms with E-state index in [1.807, 2.05) is 30.5 Å². The molecule has 0 aliphatic carbocycles. The van der Waals surface area contributed by atoms with Crippen LogP contribution in [0.5, 0.6) is 0 Å². The van der Waals surface area contributed by atoms with Crippen LogP contribution in [-0.2, 0) is 25.5 Å². The van der Waals surface area contributed by atoms with Gasteiger partial charge in [0.05, 0.1) is 0 Å². The third-order valence-corrected chi connectivity index (χ3v) is 6.88. The van der Waals surface area contributed by atoms with Crippen molar-refractivity contribution in [1.29, 1.82) is 0 Å². The predicted octanol–water partition coefficient (Wildman–Crippen LogP) is 2.77. The van der Waals surface area contributed by atoms with Crippen molar-refractivity contribution in [3.8, 4) is 0 Å². The lowest BCUT2D eigenvalue weighted by molar-refractivity contribution is -0.142. The third-order valence-electron chi connectivity index (χ3n) is 6.21. The summed E-state index contributed by atoms with van der Waals surface area (Å²) in [6.07, 6.45) is 4.05. The quantitative estimate of drug-likeness (QED) is 0.389. The molecule has 0 saturated carbocycles. The highest BCUT2D eigenvalue weighted by molar-refractivity contribution is 7.98. The number of hydrogen-bond donors (Lipinski definition) is 4. The Morgan fingerprint density at radius 1 is 1.14 bits per heavy atom. The van der Waals surface area contributed by atoms with Crippen LogP contribution in [-0.4, -0.2) is 81.7 Å². The first-order valence-corrected chi connectivity index (χ1v) is 13.7. The van der Waals surface area contributed by atoms with Crippen LogP contribution in [0.25, 0.3) is 10.9 Å². The number of para-hydroxylation sites is 1. The summed E-state index contributed by atoms with van der Waals surface area (Å²) in [5.74, 6) is -1.72. The van der Waals surface area contributed by atoms with E-state index in [4.69, 9.17) is 4.74 Å². The Bertz CT molecular complexity index is 1120. The zero-order valence-corrected chi connectivity index (χ0v) is 22.5. The molecule has 1 saturated heterocycles. The first-order chi connectivity index (χ1) is 17.5. The summed E-state index contributed by atoms with van der Waals surface area (Å²) in [6, 6.07) is 5.95. The standard InChI is InChI=1S/C26H36N4O6S/c1-26(2,3)36-25(35)29-20(13-17-14-27-19-8-6-5-7-18(17)19)23(32)30-11-9-16(10-12-30)22(31)28-21(15-37-4)24(33)34/h5-8,14,16,20-21,27H,9-13,15H2,1-4H3,(H,28,31)(H,29,35)(H,33,34)/t20-,21-/m0/s1. The molecule has 2 heterocycles. The van der Waals surface area contributed by atoms with Crippen LogP contribution in [0.2, 0.25) is 0 Å².